The summed E-state index contributed by atoms with van der Waals surface area (Å²) >= 11 is 0. The maximum Gasteiger partial charge on any atom is 0.406 e. The summed E-state index contributed by atoms with van der Waals surface area (Å²) in [6, 6.07) is 13.6. The van der Waals surface area contributed by atoms with Gasteiger partial charge in [-0.3, -0.25) is 4.79 Å². The van der Waals surface area contributed by atoms with Gasteiger partial charge in [0.15, 0.2) is 9.84 Å². The van der Waals surface area contributed by atoms with Crippen LogP contribution in [0.2, 0.25) is 0 Å². The van der Waals surface area contributed by atoms with Crippen LogP contribution in [0.1, 0.15) is 36.7 Å². The van der Waals surface area contributed by atoms with Crippen molar-refractivity contribution in [1.29, 1.82) is 0 Å². The molecule has 29 heavy (non-hydrogen) atoms. The molecule has 0 spiro atoms. The van der Waals surface area contributed by atoms with Crippen molar-refractivity contribution >= 4 is 15.7 Å². The molecule has 0 unspecified atom stereocenters. The fourth-order valence-electron chi connectivity index (χ4n) is 2.90. The minimum atomic E-state index is -4.53. The standard InChI is InChI=1S/C21H24F3NO3S/c1-20(2,3)14-25(15-21(22,23)24)19(26)17-9-7-8-16(12-17)13-29(27,28)18-10-5-4-6-11-18/h4-12H,13-15H2,1-3H3. The Morgan fingerprint density at radius 3 is 2.10 bits per heavy atom. The summed E-state index contributed by atoms with van der Waals surface area (Å²) in [5.74, 6) is -1.13. The lowest BCUT2D eigenvalue weighted by Crippen LogP contribution is -2.43. The SMILES string of the molecule is CC(C)(C)CN(CC(F)(F)F)C(=O)c1cccc(CS(=O)(=O)c2ccccc2)c1. The Labute approximate surface area is 169 Å². The highest BCUT2D eigenvalue weighted by Gasteiger charge is 2.35. The van der Waals surface area contributed by atoms with Crippen LogP contribution in [0.25, 0.3) is 0 Å². The van der Waals surface area contributed by atoms with Gasteiger partial charge >= 0.3 is 6.18 Å². The third-order valence-corrected chi connectivity index (χ3v) is 5.66. The average molecular weight is 427 g/mol. The van der Waals surface area contributed by atoms with Gasteiger partial charge in [0.1, 0.15) is 6.54 Å². The smallest absolute Gasteiger partial charge is 0.329 e. The van der Waals surface area contributed by atoms with Crippen LogP contribution in [0, 0.1) is 5.41 Å². The normalized spacial score (nSPS) is 12.6. The molecule has 0 bridgehead atoms. The number of hydrogen-bond acceptors (Lipinski definition) is 3. The molecule has 1 amide bonds. The van der Waals surface area contributed by atoms with E-state index in [0.29, 0.717) is 5.56 Å². The maximum absolute atomic E-state index is 13.0. The zero-order chi connectivity index (χ0) is 21.9. The van der Waals surface area contributed by atoms with Gasteiger partial charge < -0.3 is 4.90 Å². The molecule has 4 nitrogen and oxygen atoms in total. The van der Waals surface area contributed by atoms with Crippen molar-refractivity contribution in [3.05, 3.63) is 65.7 Å². The van der Waals surface area contributed by atoms with E-state index in [1.165, 1.54) is 36.4 Å². The van der Waals surface area contributed by atoms with Crippen molar-refractivity contribution in [1.82, 2.24) is 4.90 Å². The molecule has 2 rings (SSSR count). The molecule has 0 atom stereocenters. The quantitative estimate of drug-likeness (QED) is 0.671. The molecule has 8 heteroatoms. The number of amides is 1. The Balaban J connectivity index is 2.29. The molecule has 0 aliphatic rings. The summed E-state index contributed by atoms with van der Waals surface area (Å²) in [6.45, 7) is 3.78. The molecule has 2 aromatic carbocycles. The monoisotopic (exact) mass is 427 g/mol. The fourth-order valence-corrected chi connectivity index (χ4v) is 4.25. The van der Waals surface area contributed by atoms with Crippen molar-refractivity contribution in [2.45, 2.75) is 37.6 Å². The van der Waals surface area contributed by atoms with Gasteiger partial charge in [-0.1, -0.05) is 51.1 Å². The van der Waals surface area contributed by atoms with Gasteiger partial charge in [-0.25, -0.2) is 8.42 Å². The van der Waals surface area contributed by atoms with Gasteiger partial charge in [-0.2, -0.15) is 13.2 Å². The van der Waals surface area contributed by atoms with Gasteiger partial charge in [0.05, 0.1) is 10.6 Å². The Kier molecular flexibility index (Phi) is 6.78. The number of carbonyl (C=O) groups excluding carboxylic acids is 1. The topological polar surface area (TPSA) is 54.5 Å². The van der Waals surface area contributed by atoms with Gasteiger partial charge in [0, 0.05) is 12.1 Å². The van der Waals surface area contributed by atoms with Gasteiger partial charge in [-0.15, -0.1) is 0 Å². The summed E-state index contributed by atoms with van der Waals surface area (Å²) < 4.78 is 64.0. The van der Waals surface area contributed by atoms with Crippen LogP contribution in [0.5, 0.6) is 0 Å². The number of sulfone groups is 1. The van der Waals surface area contributed by atoms with E-state index in [1.807, 2.05) is 0 Å². The highest BCUT2D eigenvalue weighted by Crippen LogP contribution is 2.24. The van der Waals surface area contributed by atoms with E-state index in [9.17, 15) is 26.4 Å². The number of nitrogens with zero attached hydrogens (tertiary/aromatic N) is 1. The summed E-state index contributed by atoms with van der Waals surface area (Å²) in [5.41, 5.74) is -0.170. The molecule has 0 fully saturated rings. The maximum atomic E-state index is 13.0. The highest BCUT2D eigenvalue weighted by atomic mass is 32.2. The summed E-state index contributed by atoms with van der Waals surface area (Å²) in [5, 5.41) is 0. The summed E-state index contributed by atoms with van der Waals surface area (Å²) in [6.07, 6.45) is -4.53. The van der Waals surface area contributed by atoms with Crippen LogP contribution in [-0.2, 0) is 15.6 Å². The second-order valence-corrected chi connectivity index (χ2v) is 10.1. The average Bonchev–Trinajstić information content (AvgIpc) is 2.59. The second-order valence-electron chi connectivity index (χ2n) is 8.11. The summed E-state index contributed by atoms with van der Waals surface area (Å²) in [4.78, 5) is 13.7. The van der Waals surface area contributed by atoms with E-state index in [-0.39, 0.29) is 22.8 Å². The number of carbonyl (C=O) groups is 1. The zero-order valence-electron chi connectivity index (χ0n) is 16.5. The minimum absolute atomic E-state index is 0.0271. The molecule has 0 aromatic heterocycles. The van der Waals surface area contributed by atoms with Crippen molar-refractivity contribution < 1.29 is 26.4 Å². The molecule has 0 saturated carbocycles. The predicted octanol–water partition coefficient (Wildman–Crippen LogP) is 4.71. The molecule has 0 heterocycles. The van der Waals surface area contributed by atoms with Gasteiger partial charge in [-0.05, 0) is 35.2 Å². The lowest BCUT2D eigenvalue weighted by atomic mass is 9.95. The van der Waals surface area contributed by atoms with E-state index in [0.717, 1.165) is 4.90 Å². The van der Waals surface area contributed by atoms with E-state index in [2.05, 4.69) is 0 Å². The van der Waals surface area contributed by atoms with E-state index >= 15 is 0 Å². The van der Waals surface area contributed by atoms with E-state index in [4.69, 9.17) is 0 Å². The first kappa shape index (κ1) is 22.9. The molecular formula is C21H24F3NO3S. The van der Waals surface area contributed by atoms with Crippen LogP contribution < -0.4 is 0 Å². The van der Waals surface area contributed by atoms with Gasteiger partial charge in [0.2, 0.25) is 0 Å². The molecule has 0 aliphatic heterocycles. The first-order valence-corrected chi connectivity index (χ1v) is 10.6. The molecule has 0 radical (unpaired) electrons. The molecule has 0 N–H and O–H groups in total. The van der Waals surface area contributed by atoms with Crippen LogP contribution in [0.3, 0.4) is 0 Å². The van der Waals surface area contributed by atoms with Crippen LogP contribution in [0.4, 0.5) is 13.2 Å². The van der Waals surface area contributed by atoms with Crippen LogP contribution in [0.15, 0.2) is 59.5 Å². The predicted molar refractivity (Wildman–Crippen MR) is 105 cm³/mol. The third-order valence-electron chi connectivity index (χ3n) is 3.96. The largest absolute Gasteiger partial charge is 0.406 e. The van der Waals surface area contributed by atoms with E-state index < -0.39 is 33.9 Å². The van der Waals surface area contributed by atoms with Crippen molar-refractivity contribution in [3.63, 3.8) is 0 Å². The molecule has 0 saturated heterocycles. The van der Waals surface area contributed by atoms with Crippen LogP contribution >= 0.6 is 0 Å². The number of benzene rings is 2. The zero-order valence-corrected chi connectivity index (χ0v) is 17.3. The Morgan fingerprint density at radius 2 is 1.55 bits per heavy atom. The minimum Gasteiger partial charge on any atom is -0.329 e. The Morgan fingerprint density at radius 1 is 0.931 bits per heavy atom. The molecule has 0 aliphatic carbocycles. The number of hydrogen-bond donors (Lipinski definition) is 0. The molecule has 2 aromatic rings. The number of alkyl halides is 3. The first-order chi connectivity index (χ1) is 13.3. The fraction of sp³-hybridized carbons (Fsp3) is 0.381. The first-order valence-electron chi connectivity index (χ1n) is 9.00. The van der Waals surface area contributed by atoms with Crippen LogP contribution in [-0.4, -0.2) is 38.5 Å². The number of halogens is 3. The second kappa shape index (κ2) is 8.57. The van der Waals surface area contributed by atoms with E-state index in [1.54, 1.807) is 39.0 Å². The molecule has 158 valence electrons. The Bertz CT molecular complexity index is 933. The molecular weight excluding hydrogens is 403 g/mol. The number of rotatable bonds is 6. The lowest BCUT2D eigenvalue weighted by Gasteiger charge is -2.30. The lowest BCUT2D eigenvalue weighted by molar-refractivity contribution is -0.142. The van der Waals surface area contributed by atoms with Crippen molar-refractivity contribution in [2.75, 3.05) is 13.1 Å². The van der Waals surface area contributed by atoms with Crippen molar-refractivity contribution in [3.8, 4) is 0 Å². The third kappa shape index (κ3) is 7.20. The summed E-state index contributed by atoms with van der Waals surface area (Å²) in [7, 11) is -3.64. The Hall–Kier alpha value is -2.35. The van der Waals surface area contributed by atoms with Gasteiger partial charge in [0.25, 0.3) is 5.91 Å². The van der Waals surface area contributed by atoms with Crippen molar-refractivity contribution in [2.24, 2.45) is 5.41 Å². The highest BCUT2D eigenvalue weighted by molar-refractivity contribution is 7.90.